The van der Waals surface area contributed by atoms with Crippen molar-refractivity contribution in [2.75, 3.05) is 0 Å². The average Bonchev–Trinajstić information content (AvgIpc) is 2.71. The minimum absolute atomic E-state index is 0.982. The van der Waals surface area contributed by atoms with E-state index in [1.807, 2.05) is 6.20 Å². The molecular formula is C12H12N2. The predicted octanol–water partition coefficient (Wildman–Crippen LogP) is 2.45. The fourth-order valence-electron chi connectivity index (χ4n) is 2.27. The van der Waals surface area contributed by atoms with E-state index in [-0.39, 0.29) is 0 Å². The van der Waals surface area contributed by atoms with Crippen LogP contribution in [0.2, 0.25) is 0 Å². The molecule has 0 atom stereocenters. The molecule has 0 saturated carbocycles. The molecule has 2 nitrogen and oxygen atoms in total. The van der Waals surface area contributed by atoms with Gasteiger partial charge in [0.05, 0.1) is 11.2 Å². The summed E-state index contributed by atoms with van der Waals surface area (Å²) in [6, 6.07) is 0. The zero-order chi connectivity index (χ0) is 9.71. The number of allylic oxidation sites excluding steroid dienone is 1. The second kappa shape index (κ2) is 2.47. The summed E-state index contributed by atoms with van der Waals surface area (Å²) in [7, 11) is 2.10. The lowest BCUT2D eigenvalue weighted by molar-refractivity contribution is 0.959. The first-order chi connectivity index (χ1) is 6.77. The quantitative estimate of drug-likeness (QED) is 0.615. The molecule has 1 aliphatic rings. The molecule has 0 bridgehead atoms. The number of aromatic nitrogens is 2. The van der Waals surface area contributed by atoms with Gasteiger partial charge in [0, 0.05) is 36.8 Å². The fraction of sp³-hybridized carbons (Fsp3) is 0.250. The Morgan fingerprint density at radius 1 is 1.43 bits per heavy atom. The summed E-state index contributed by atoms with van der Waals surface area (Å²) in [6.45, 7) is 2.13. The number of pyridine rings is 1. The first-order valence-corrected chi connectivity index (χ1v) is 4.87. The van der Waals surface area contributed by atoms with Gasteiger partial charge in [-0.05, 0) is 12.5 Å². The zero-order valence-corrected chi connectivity index (χ0v) is 8.41. The van der Waals surface area contributed by atoms with E-state index in [9.17, 15) is 0 Å². The van der Waals surface area contributed by atoms with Crippen LogP contribution in [0.1, 0.15) is 16.8 Å². The average molecular weight is 184 g/mol. The largest absolute Gasteiger partial charge is 0.350 e. The molecule has 0 aromatic carbocycles. The Labute approximate surface area is 82.9 Å². The molecule has 2 heteroatoms. The van der Waals surface area contributed by atoms with Crippen molar-refractivity contribution in [1.82, 2.24) is 9.55 Å². The molecular weight excluding hydrogens is 172 g/mol. The molecule has 0 unspecified atom stereocenters. The Morgan fingerprint density at radius 2 is 2.29 bits per heavy atom. The standard InChI is InChI=1S/C12H12N2/c1-8-7-14(2)12-9-4-3-5-11(9)13-6-10(8)12/h3-4,6-7H,5H2,1-2H3. The molecule has 0 aliphatic heterocycles. The van der Waals surface area contributed by atoms with E-state index >= 15 is 0 Å². The van der Waals surface area contributed by atoms with E-state index < -0.39 is 0 Å². The van der Waals surface area contributed by atoms with Crippen molar-refractivity contribution in [3.05, 3.63) is 35.3 Å². The highest BCUT2D eigenvalue weighted by atomic mass is 14.9. The third-order valence-corrected chi connectivity index (χ3v) is 2.93. The third-order valence-electron chi connectivity index (χ3n) is 2.93. The SMILES string of the molecule is Cc1cn(C)c2c3c(ncc12)CC=C3. The maximum Gasteiger partial charge on any atom is 0.0588 e. The number of aryl methyl sites for hydroxylation is 2. The fourth-order valence-corrected chi connectivity index (χ4v) is 2.27. The van der Waals surface area contributed by atoms with Crippen molar-refractivity contribution < 1.29 is 0 Å². The third kappa shape index (κ3) is 0.830. The number of nitrogens with zero attached hydrogens (tertiary/aromatic N) is 2. The molecule has 1 aliphatic carbocycles. The van der Waals surface area contributed by atoms with Crippen molar-refractivity contribution >= 4 is 17.0 Å². The van der Waals surface area contributed by atoms with Gasteiger partial charge in [0.2, 0.25) is 0 Å². The highest BCUT2D eigenvalue weighted by Gasteiger charge is 2.13. The molecule has 14 heavy (non-hydrogen) atoms. The van der Waals surface area contributed by atoms with E-state index in [1.165, 1.54) is 27.7 Å². The number of hydrogen-bond acceptors (Lipinski definition) is 1. The highest BCUT2D eigenvalue weighted by Crippen LogP contribution is 2.28. The topological polar surface area (TPSA) is 17.8 Å². The summed E-state index contributed by atoms with van der Waals surface area (Å²) in [4.78, 5) is 4.49. The van der Waals surface area contributed by atoms with Crippen LogP contribution in [0.4, 0.5) is 0 Å². The lowest BCUT2D eigenvalue weighted by Crippen LogP contribution is -1.92. The first kappa shape index (κ1) is 7.80. The molecule has 3 rings (SSSR count). The van der Waals surface area contributed by atoms with Gasteiger partial charge in [-0.2, -0.15) is 0 Å². The summed E-state index contributed by atoms with van der Waals surface area (Å²) in [5, 5.41) is 1.28. The van der Waals surface area contributed by atoms with Gasteiger partial charge in [-0.1, -0.05) is 12.2 Å². The molecule has 2 aromatic heterocycles. The van der Waals surface area contributed by atoms with Crippen LogP contribution in [0.25, 0.3) is 17.0 Å². The Kier molecular flexibility index (Phi) is 1.38. The second-order valence-corrected chi connectivity index (χ2v) is 3.91. The smallest absolute Gasteiger partial charge is 0.0588 e. The van der Waals surface area contributed by atoms with Gasteiger partial charge in [-0.25, -0.2) is 0 Å². The molecule has 0 amide bonds. The molecule has 0 fully saturated rings. The van der Waals surface area contributed by atoms with Gasteiger partial charge in [0.15, 0.2) is 0 Å². The van der Waals surface area contributed by atoms with Gasteiger partial charge in [-0.15, -0.1) is 0 Å². The summed E-state index contributed by atoms with van der Waals surface area (Å²) in [6.07, 6.45) is 9.51. The van der Waals surface area contributed by atoms with E-state index in [2.05, 4.69) is 41.9 Å². The van der Waals surface area contributed by atoms with Crippen LogP contribution in [0.15, 0.2) is 18.5 Å². The molecule has 70 valence electrons. The van der Waals surface area contributed by atoms with E-state index in [0.29, 0.717) is 0 Å². The molecule has 0 spiro atoms. The first-order valence-electron chi connectivity index (χ1n) is 4.87. The lowest BCUT2D eigenvalue weighted by Gasteiger charge is -2.02. The van der Waals surface area contributed by atoms with Gasteiger partial charge >= 0.3 is 0 Å². The maximum absolute atomic E-state index is 4.49. The maximum atomic E-state index is 4.49. The van der Waals surface area contributed by atoms with Gasteiger partial charge in [-0.3, -0.25) is 4.98 Å². The van der Waals surface area contributed by atoms with Crippen molar-refractivity contribution in [2.45, 2.75) is 13.3 Å². The molecule has 2 heterocycles. The second-order valence-electron chi connectivity index (χ2n) is 3.91. The van der Waals surface area contributed by atoms with Crippen LogP contribution < -0.4 is 0 Å². The summed E-state index contributed by atoms with van der Waals surface area (Å²) < 4.78 is 2.20. The summed E-state index contributed by atoms with van der Waals surface area (Å²) >= 11 is 0. The van der Waals surface area contributed by atoms with Crippen molar-refractivity contribution in [3.63, 3.8) is 0 Å². The molecule has 0 N–H and O–H groups in total. The van der Waals surface area contributed by atoms with Crippen LogP contribution >= 0.6 is 0 Å². The Bertz CT molecular complexity index is 547. The predicted molar refractivity (Wildman–Crippen MR) is 58.2 cm³/mol. The highest BCUT2D eigenvalue weighted by molar-refractivity contribution is 5.92. The molecule has 2 aromatic rings. The summed E-state index contributed by atoms with van der Waals surface area (Å²) in [5.41, 5.74) is 5.14. The van der Waals surface area contributed by atoms with Crippen molar-refractivity contribution in [2.24, 2.45) is 7.05 Å². The van der Waals surface area contributed by atoms with Gasteiger partial charge in [0.25, 0.3) is 0 Å². The Balaban J connectivity index is 2.53. The number of hydrogen-bond donors (Lipinski definition) is 0. The lowest BCUT2D eigenvalue weighted by atomic mass is 10.1. The zero-order valence-electron chi connectivity index (χ0n) is 8.41. The van der Waals surface area contributed by atoms with Crippen molar-refractivity contribution in [1.29, 1.82) is 0 Å². The Morgan fingerprint density at radius 3 is 3.14 bits per heavy atom. The summed E-state index contributed by atoms with van der Waals surface area (Å²) in [5.74, 6) is 0. The van der Waals surface area contributed by atoms with Crippen LogP contribution in [0, 0.1) is 6.92 Å². The number of rotatable bonds is 0. The van der Waals surface area contributed by atoms with Gasteiger partial charge < -0.3 is 4.57 Å². The normalized spacial score (nSPS) is 13.9. The Hall–Kier alpha value is -1.57. The minimum atomic E-state index is 0.982. The molecule has 0 saturated heterocycles. The number of fused-ring (bicyclic) bond motifs is 3. The minimum Gasteiger partial charge on any atom is -0.350 e. The van der Waals surface area contributed by atoms with Crippen LogP contribution in [-0.4, -0.2) is 9.55 Å². The van der Waals surface area contributed by atoms with Crippen LogP contribution in [0.5, 0.6) is 0 Å². The van der Waals surface area contributed by atoms with E-state index in [0.717, 1.165) is 6.42 Å². The van der Waals surface area contributed by atoms with Crippen molar-refractivity contribution in [3.8, 4) is 0 Å². The molecule has 0 radical (unpaired) electrons. The van der Waals surface area contributed by atoms with E-state index in [4.69, 9.17) is 0 Å². The van der Waals surface area contributed by atoms with Crippen LogP contribution in [0.3, 0.4) is 0 Å². The van der Waals surface area contributed by atoms with Crippen LogP contribution in [-0.2, 0) is 13.5 Å². The monoisotopic (exact) mass is 184 g/mol. The van der Waals surface area contributed by atoms with E-state index in [1.54, 1.807) is 0 Å². The van der Waals surface area contributed by atoms with Gasteiger partial charge in [0.1, 0.15) is 0 Å².